The minimum absolute atomic E-state index is 0.144. The van der Waals surface area contributed by atoms with Gasteiger partial charge in [0.25, 0.3) is 0 Å². The van der Waals surface area contributed by atoms with Crippen LogP contribution in [-0.4, -0.2) is 24.0 Å². The minimum atomic E-state index is -3.31. The monoisotopic (exact) mass is 335 g/mol. The molecule has 0 spiro atoms. The van der Waals surface area contributed by atoms with Crippen molar-refractivity contribution in [2.24, 2.45) is 0 Å². The third-order valence-electron chi connectivity index (χ3n) is 3.99. The second-order valence-corrected chi connectivity index (χ2v) is 7.75. The van der Waals surface area contributed by atoms with Crippen LogP contribution in [0.5, 0.6) is 0 Å². The van der Waals surface area contributed by atoms with Gasteiger partial charge in [0.1, 0.15) is 0 Å². The highest BCUT2D eigenvalue weighted by atomic mass is 32.2. The standard InChI is InChI=1S/C17H25N3O2S/c1-5-6-11-23(21,22)19-17-14(3)18-20(15(17)4)12-16-10-8-7-9-13(16)2/h7-10,19H,5-6,11-12H2,1-4H3. The Hall–Kier alpha value is -1.82. The summed E-state index contributed by atoms with van der Waals surface area (Å²) in [4.78, 5) is 0. The molecule has 0 saturated heterocycles. The Balaban J connectivity index is 2.24. The molecular weight excluding hydrogens is 310 g/mol. The van der Waals surface area contributed by atoms with Gasteiger partial charge in [-0.05, 0) is 38.3 Å². The van der Waals surface area contributed by atoms with Gasteiger partial charge in [0, 0.05) is 0 Å². The van der Waals surface area contributed by atoms with Crippen molar-refractivity contribution in [2.45, 2.75) is 47.1 Å². The molecule has 0 aliphatic heterocycles. The van der Waals surface area contributed by atoms with E-state index in [0.29, 0.717) is 24.3 Å². The molecule has 1 aromatic heterocycles. The molecule has 0 radical (unpaired) electrons. The molecule has 0 fully saturated rings. The molecule has 0 unspecified atom stereocenters. The van der Waals surface area contributed by atoms with Crippen LogP contribution in [0.15, 0.2) is 24.3 Å². The van der Waals surface area contributed by atoms with Crippen molar-refractivity contribution < 1.29 is 8.42 Å². The van der Waals surface area contributed by atoms with Gasteiger partial charge in [0.05, 0.1) is 29.4 Å². The Bertz CT molecular complexity index is 779. The van der Waals surface area contributed by atoms with E-state index in [1.165, 1.54) is 11.1 Å². The number of hydrogen-bond donors (Lipinski definition) is 1. The van der Waals surface area contributed by atoms with Crippen LogP contribution in [0.3, 0.4) is 0 Å². The predicted octanol–water partition coefficient (Wildman–Crippen LogP) is 3.40. The van der Waals surface area contributed by atoms with Crippen molar-refractivity contribution in [3.05, 3.63) is 46.8 Å². The van der Waals surface area contributed by atoms with E-state index in [4.69, 9.17) is 0 Å². The smallest absolute Gasteiger partial charge is 0.232 e. The fourth-order valence-electron chi connectivity index (χ4n) is 2.49. The van der Waals surface area contributed by atoms with Crippen LogP contribution >= 0.6 is 0 Å². The van der Waals surface area contributed by atoms with E-state index >= 15 is 0 Å². The second-order valence-electron chi connectivity index (χ2n) is 5.90. The zero-order valence-corrected chi connectivity index (χ0v) is 15.1. The van der Waals surface area contributed by atoms with Crippen LogP contribution in [0.25, 0.3) is 0 Å². The lowest BCUT2D eigenvalue weighted by atomic mass is 10.1. The molecule has 2 aromatic rings. The molecule has 1 aromatic carbocycles. The van der Waals surface area contributed by atoms with Gasteiger partial charge in [-0.25, -0.2) is 8.42 Å². The van der Waals surface area contributed by atoms with Crippen molar-refractivity contribution in [2.75, 3.05) is 10.5 Å². The van der Waals surface area contributed by atoms with E-state index in [1.54, 1.807) is 0 Å². The molecule has 2 rings (SSSR count). The number of sulfonamides is 1. The van der Waals surface area contributed by atoms with E-state index < -0.39 is 10.0 Å². The number of aryl methyl sites for hydroxylation is 2. The molecule has 0 aliphatic carbocycles. The van der Waals surface area contributed by atoms with Gasteiger partial charge in [0.2, 0.25) is 10.0 Å². The fraction of sp³-hybridized carbons (Fsp3) is 0.471. The highest BCUT2D eigenvalue weighted by Crippen LogP contribution is 2.22. The van der Waals surface area contributed by atoms with Crippen molar-refractivity contribution in [1.82, 2.24) is 9.78 Å². The molecule has 126 valence electrons. The summed E-state index contributed by atoms with van der Waals surface area (Å²) in [6.45, 7) is 8.41. The highest BCUT2D eigenvalue weighted by molar-refractivity contribution is 7.92. The maximum atomic E-state index is 12.1. The Morgan fingerprint density at radius 1 is 1.17 bits per heavy atom. The van der Waals surface area contributed by atoms with Gasteiger partial charge in [-0.15, -0.1) is 0 Å². The van der Waals surface area contributed by atoms with Gasteiger partial charge in [-0.1, -0.05) is 37.6 Å². The lowest BCUT2D eigenvalue weighted by molar-refractivity contribution is 0.597. The topological polar surface area (TPSA) is 64.0 Å². The summed E-state index contributed by atoms with van der Waals surface area (Å²) in [6, 6.07) is 8.14. The maximum Gasteiger partial charge on any atom is 0.232 e. The first kappa shape index (κ1) is 17.5. The number of aromatic nitrogens is 2. The predicted molar refractivity (Wildman–Crippen MR) is 94.3 cm³/mol. The van der Waals surface area contributed by atoms with Crippen LogP contribution in [0, 0.1) is 20.8 Å². The molecule has 23 heavy (non-hydrogen) atoms. The van der Waals surface area contributed by atoms with Crippen LogP contribution in [-0.2, 0) is 16.6 Å². The number of unbranched alkanes of at least 4 members (excludes halogenated alkanes) is 1. The Morgan fingerprint density at radius 2 is 1.87 bits per heavy atom. The summed E-state index contributed by atoms with van der Waals surface area (Å²) in [5, 5.41) is 4.50. The maximum absolute atomic E-state index is 12.1. The molecule has 1 N–H and O–H groups in total. The number of nitrogens with one attached hydrogen (secondary N) is 1. The summed E-state index contributed by atoms with van der Waals surface area (Å²) < 4.78 is 28.8. The first-order chi connectivity index (χ1) is 10.8. The van der Waals surface area contributed by atoms with Gasteiger partial charge in [-0.2, -0.15) is 5.10 Å². The lowest BCUT2D eigenvalue weighted by Crippen LogP contribution is -2.17. The first-order valence-electron chi connectivity index (χ1n) is 7.93. The van der Waals surface area contributed by atoms with Crippen molar-refractivity contribution in [1.29, 1.82) is 0 Å². The number of hydrogen-bond acceptors (Lipinski definition) is 3. The summed E-state index contributed by atoms with van der Waals surface area (Å²) >= 11 is 0. The van der Waals surface area contributed by atoms with Crippen LogP contribution in [0.4, 0.5) is 5.69 Å². The van der Waals surface area contributed by atoms with E-state index in [1.807, 2.05) is 37.6 Å². The van der Waals surface area contributed by atoms with Gasteiger partial charge >= 0.3 is 0 Å². The molecule has 1 heterocycles. The van der Waals surface area contributed by atoms with E-state index in [9.17, 15) is 8.42 Å². The molecule has 5 nitrogen and oxygen atoms in total. The number of benzene rings is 1. The molecule has 0 amide bonds. The summed E-state index contributed by atoms with van der Waals surface area (Å²) in [5.41, 5.74) is 4.53. The number of anilines is 1. The van der Waals surface area contributed by atoms with E-state index in [2.05, 4.69) is 28.9 Å². The van der Waals surface area contributed by atoms with Gasteiger partial charge in [0.15, 0.2) is 0 Å². The van der Waals surface area contributed by atoms with Crippen molar-refractivity contribution >= 4 is 15.7 Å². The fourth-order valence-corrected chi connectivity index (χ4v) is 3.87. The molecule has 0 aliphatic rings. The highest BCUT2D eigenvalue weighted by Gasteiger charge is 2.18. The number of rotatable bonds is 7. The molecule has 0 saturated carbocycles. The van der Waals surface area contributed by atoms with Crippen LogP contribution in [0.1, 0.15) is 42.3 Å². The SMILES string of the molecule is CCCCS(=O)(=O)Nc1c(C)nn(Cc2ccccc2C)c1C. The summed E-state index contributed by atoms with van der Waals surface area (Å²) in [5.74, 6) is 0.144. The molecular formula is C17H25N3O2S. The van der Waals surface area contributed by atoms with E-state index in [-0.39, 0.29) is 5.75 Å². The van der Waals surface area contributed by atoms with Crippen molar-refractivity contribution in [3.63, 3.8) is 0 Å². The second kappa shape index (κ2) is 7.17. The first-order valence-corrected chi connectivity index (χ1v) is 9.58. The zero-order valence-electron chi connectivity index (χ0n) is 14.3. The molecule has 0 atom stereocenters. The summed E-state index contributed by atoms with van der Waals surface area (Å²) in [7, 11) is -3.31. The molecule has 0 bridgehead atoms. The Labute approximate surface area is 138 Å². The zero-order chi connectivity index (χ0) is 17.0. The summed E-state index contributed by atoms with van der Waals surface area (Å²) in [6.07, 6.45) is 1.51. The normalized spacial score (nSPS) is 11.7. The largest absolute Gasteiger partial charge is 0.280 e. The Kier molecular flexibility index (Phi) is 5.46. The average Bonchev–Trinajstić information content (AvgIpc) is 2.75. The number of nitrogens with zero attached hydrogens (tertiary/aromatic N) is 2. The Morgan fingerprint density at radius 3 is 2.52 bits per heavy atom. The quantitative estimate of drug-likeness (QED) is 0.843. The van der Waals surface area contributed by atoms with Gasteiger partial charge < -0.3 is 0 Å². The average molecular weight is 335 g/mol. The van der Waals surface area contributed by atoms with E-state index in [0.717, 1.165) is 12.1 Å². The molecule has 6 heteroatoms. The lowest BCUT2D eigenvalue weighted by Gasteiger charge is -2.10. The minimum Gasteiger partial charge on any atom is -0.280 e. The third-order valence-corrected chi connectivity index (χ3v) is 5.33. The van der Waals surface area contributed by atoms with Crippen LogP contribution < -0.4 is 4.72 Å². The van der Waals surface area contributed by atoms with Crippen molar-refractivity contribution in [3.8, 4) is 0 Å². The van der Waals surface area contributed by atoms with Gasteiger partial charge in [-0.3, -0.25) is 9.40 Å². The third kappa shape index (κ3) is 4.34. The van der Waals surface area contributed by atoms with Crippen LogP contribution in [0.2, 0.25) is 0 Å².